The highest BCUT2D eigenvalue weighted by atomic mass is 32.2. The highest BCUT2D eigenvalue weighted by Gasteiger charge is 2.33. The largest absolute Gasteiger partial charge is 0.476 e. The summed E-state index contributed by atoms with van der Waals surface area (Å²) in [7, 11) is -4.75. The van der Waals surface area contributed by atoms with E-state index in [0.717, 1.165) is 11.6 Å². The average Bonchev–Trinajstić information content (AvgIpc) is 2.84. The van der Waals surface area contributed by atoms with Gasteiger partial charge in [0.2, 0.25) is 5.75 Å². The molecule has 1 heterocycles. The number of carbonyl (C=O) groups excluding carboxylic acids is 1. The van der Waals surface area contributed by atoms with Crippen LogP contribution in [-0.4, -0.2) is 65.4 Å². The molecule has 0 radical (unpaired) electrons. The summed E-state index contributed by atoms with van der Waals surface area (Å²) in [6, 6.07) is 12.7. The predicted molar refractivity (Wildman–Crippen MR) is 133 cm³/mol. The normalized spacial score (nSPS) is 18.6. The molecule has 0 spiro atoms. The van der Waals surface area contributed by atoms with E-state index in [-0.39, 0.29) is 40.3 Å². The number of hydrogen-bond donors (Lipinski definition) is 1. The van der Waals surface area contributed by atoms with Crippen LogP contribution in [0, 0.1) is 15.9 Å². The SMILES string of the molecule is CC1CN(C(=O)COc2c([N+](=O)[O-])cc(S(=O)(=O)O)c3ccccc23)C(C)CN1Cc1ccc(F)cc1. The van der Waals surface area contributed by atoms with Crippen LogP contribution in [0.15, 0.2) is 59.5 Å². The van der Waals surface area contributed by atoms with Gasteiger partial charge in [-0.2, -0.15) is 8.42 Å². The Hall–Kier alpha value is -3.61. The number of fused-ring (bicyclic) bond motifs is 1. The number of rotatable bonds is 7. The van der Waals surface area contributed by atoms with Gasteiger partial charge in [-0.15, -0.1) is 0 Å². The first-order valence-electron chi connectivity index (χ1n) is 11.5. The van der Waals surface area contributed by atoms with Gasteiger partial charge in [-0.05, 0) is 31.5 Å². The van der Waals surface area contributed by atoms with Crippen molar-refractivity contribution >= 4 is 32.5 Å². The Bertz CT molecular complexity index is 1450. The van der Waals surface area contributed by atoms with Gasteiger partial charge in [-0.25, -0.2) is 4.39 Å². The van der Waals surface area contributed by atoms with Crippen molar-refractivity contribution in [3.05, 3.63) is 76.1 Å². The minimum Gasteiger partial charge on any atom is -0.476 e. The zero-order chi connectivity index (χ0) is 26.9. The number of piperazine rings is 1. The summed E-state index contributed by atoms with van der Waals surface area (Å²) in [5.41, 5.74) is 0.278. The van der Waals surface area contributed by atoms with Crippen molar-refractivity contribution in [2.45, 2.75) is 37.4 Å². The molecule has 1 aliphatic heterocycles. The fraction of sp³-hybridized carbons (Fsp3) is 0.320. The predicted octanol–water partition coefficient (Wildman–Crippen LogP) is 3.63. The first-order chi connectivity index (χ1) is 17.5. The summed E-state index contributed by atoms with van der Waals surface area (Å²) in [6.07, 6.45) is 0. The highest BCUT2D eigenvalue weighted by Crippen LogP contribution is 2.39. The van der Waals surface area contributed by atoms with Crippen molar-refractivity contribution in [3.63, 3.8) is 0 Å². The Morgan fingerprint density at radius 3 is 2.38 bits per heavy atom. The molecule has 0 aromatic heterocycles. The third-order valence-electron chi connectivity index (χ3n) is 6.49. The molecule has 196 valence electrons. The fourth-order valence-electron chi connectivity index (χ4n) is 4.61. The van der Waals surface area contributed by atoms with E-state index < -0.39 is 32.2 Å². The topological polar surface area (TPSA) is 130 Å². The van der Waals surface area contributed by atoms with Gasteiger partial charge in [0.05, 0.1) is 4.92 Å². The molecular formula is C25H26FN3O7S. The molecule has 3 aromatic carbocycles. The molecule has 12 heteroatoms. The number of amides is 1. The lowest BCUT2D eigenvalue weighted by Gasteiger charge is -2.44. The van der Waals surface area contributed by atoms with Gasteiger partial charge in [-0.3, -0.25) is 24.4 Å². The second kappa shape index (κ2) is 10.4. The summed E-state index contributed by atoms with van der Waals surface area (Å²) in [4.78, 5) is 27.2. The Morgan fingerprint density at radius 1 is 1.11 bits per heavy atom. The molecule has 2 atom stereocenters. The first kappa shape index (κ1) is 26.5. The molecule has 0 bridgehead atoms. The molecule has 37 heavy (non-hydrogen) atoms. The number of carbonyl (C=O) groups is 1. The second-order valence-corrected chi connectivity index (χ2v) is 10.5. The molecule has 0 saturated carbocycles. The van der Waals surface area contributed by atoms with Gasteiger partial charge in [0.15, 0.2) is 6.61 Å². The van der Waals surface area contributed by atoms with Crippen LogP contribution < -0.4 is 4.74 Å². The van der Waals surface area contributed by atoms with E-state index in [1.54, 1.807) is 23.1 Å². The van der Waals surface area contributed by atoms with E-state index in [9.17, 15) is 32.3 Å². The summed E-state index contributed by atoms with van der Waals surface area (Å²) in [5.74, 6) is -0.934. The lowest BCUT2D eigenvalue weighted by atomic mass is 10.1. The van der Waals surface area contributed by atoms with Crippen molar-refractivity contribution in [2.24, 2.45) is 0 Å². The van der Waals surface area contributed by atoms with E-state index in [2.05, 4.69) is 4.90 Å². The van der Waals surface area contributed by atoms with Gasteiger partial charge in [-0.1, -0.05) is 36.4 Å². The van der Waals surface area contributed by atoms with E-state index in [4.69, 9.17) is 4.74 Å². The number of hydrogen-bond acceptors (Lipinski definition) is 7. The Morgan fingerprint density at radius 2 is 1.76 bits per heavy atom. The van der Waals surface area contributed by atoms with Crippen molar-refractivity contribution in [2.75, 3.05) is 19.7 Å². The smallest absolute Gasteiger partial charge is 0.313 e. The van der Waals surface area contributed by atoms with Crippen molar-refractivity contribution in [3.8, 4) is 5.75 Å². The van der Waals surface area contributed by atoms with Crippen LogP contribution in [-0.2, 0) is 21.5 Å². The summed E-state index contributed by atoms with van der Waals surface area (Å²) >= 11 is 0. The summed E-state index contributed by atoms with van der Waals surface area (Å²) in [5, 5.41) is 11.8. The number of nitro benzene ring substituents is 1. The number of nitrogens with zero attached hydrogens (tertiary/aromatic N) is 3. The highest BCUT2D eigenvalue weighted by molar-refractivity contribution is 7.86. The zero-order valence-electron chi connectivity index (χ0n) is 20.2. The van der Waals surface area contributed by atoms with Gasteiger partial charge >= 0.3 is 5.69 Å². The number of halogens is 1. The van der Waals surface area contributed by atoms with Gasteiger partial charge in [0, 0.05) is 48.6 Å². The lowest BCUT2D eigenvalue weighted by molar-refractivity contribution is -0.385. The van der Waals surface area contributed by atoms with Gasteiger partial charge in [0.1, 0.15) is 10.7 Å². The third kappa shape index (κ3) is 5.71. The Kier molecular flexibility index (Phi) is 7.44. The maximum atomic E-state index is 13.2. The molecule has 1 N–H and O–H groups in total. The van der Waals surface area contributed by atoms with Crippen LogP contribution in [0.1, 0.15) is 19.4 Å². The maximum absolute atomic E-state index is 13.2. The summed E-state index contributed by atoms with van der Waals surface area (Å²) < 4.78 is 52.1. The fourth-order valence-corrected chi connectivity index (χ4v) is 5.33. The molecule has 1 amide bonds. The van der Waals surface area contributed by atoms with Crippen molar-refractivity contribution < 1.29 is 31.8 Å². The number of ether oxygens (including phenoxy) is 1. The molecule has 1 saturated heterocycles. The van der Waals surface area contributed by atoms with E-state index in [1.165, 1.54) is 30.3 Å². The van der Waals surface area contributed by atoms with Crippen molar-refractivity contribution in [1.82, 2.24) is 9.80 Å². The van der Waals surface area contributed by atoms with Crippen LogP contribution in [0.3, 0.4) is 0 Å². The molecule has 2 unspecified atom stereocenters. The van der Waals surface area contributed by atoms with E-state index in [0.29, 0.717) is 19.6 Å². The molecule has 4 rings (SSSR count). The minimum atomic E-state index is -4.75. The first-order valence-corrected chi connectivity index (χ1v) is 13.0. The molecule has 10 nitrogen and oxygen atoms in total. The summed E-state index contributed by atoms with van der Waals surface area (Å²) in [6.45, 7) is 4.93. The van der Waals surface area contributed by atoms with Crippen LogP contribution in [0.4, 0.5) is 10.1 Å². The zero-order valence-corrected chi connectivity index (χ0v) is 21.0. The van der Waals surface area contributed by atoms with Crippen LogP contribution in [0.5, 0.6) is 5.75 Å². The molecule has 1 fully saturated rings. The Labute approximate surface area is 213 Å². The third-order valence-corrected chi connectivity index (χ3v) is 7.38. The standard InChI is InChI=1S/C25H26FN3O7S/c1-16-13-28(17(2)12-27(16)14-18-7-9-19(26)10-8-18)24(30)15-36-25-21-6-4-3-5-20(21)23(37(33,34)35)11-22(25)29(31)32/h3-11,16-17H,12-15H2,1-2H3,(H,33,34,35). The van der Waals surface area contributed by atoms with Crippen molar-refractivity contribution in [1.29, 1.82) is 0 Å². The lowest BCUT2D eigenvalue weighted by Crippen LogP contribution is -2.58. The van der Waals surface area contributed by atoms with E-state index >= 15 is 0 Å². The number of benzene rings is 3. The van der Waals surface area contributed by atoms with Gasteiger partial charge in [0.25, 0.3) is 16.0 Å². The monoisotopic (exact) mass is 531 g/mol. The quantitative estimate of drug-likeness (QED) is 0.278. The van der Waals surface area contributed by atoms with Crippen LogP contribution >= 0.6 is 0 Å². The molecular weight excluding hydrogens is 505 g/mol. The Balaban J connectivity index is 1.52. The maximum Gasteiger partial charge on any atom is 0.313 e. The molecule has 0 aliphatic carbocycles. The second-order valence-electron chi connectivity index (χ2n) is 9.09. The van der Waals surface area contributed by atoms with Crippen LogP contribution in [0.25, 0.3) is 10.8 Å². The van der Waals surface area contributed by atoms with E-state index in [1.807, 2.05) is 13.8 Å². The van der Waals surface area contributed by atoms with Crippen LogP contribution in [0.2, 0.25) is 0 Å². The molecule has 1 aliphatic rings. The van der Waals surface area contributed by atoms with Gasteiger partial charge < -0.3 is 9.64 Å². The molecule has 3 aromatic rings. The number of nitro groups is 1. The average molecular weight is 532 g/mol. The minimum absolute atomic E-state index is 0.00517.